The maximum Gasteiger partial charge on any atom is 0.333 e. The summed E-state index contributed by atoms with van der Waals surface area (Å²) in [6, 6.07) is 7.67. The number of aliphatic hydroxyl groups excluding tert-OH is 2. The second-order valence-electron chi connectivity index (χ2n) is 8.51. The van der Waals surface area contributed by atoms with E-state index in [0.717, 1.165) is 17.5 Å². The van der Waals surface area contributed by atoms with Gasteiger partial charge in [0.05, 0.1) is 6.04 Å². The number of hydrogen-bond donors (Lipinski definition) is 2. The van der Waals surface area contributed by atoms with Crippen LogP contribution in [0.25, 0.3) is 5.57 Å². The highest BCUT2D eigenvalue weighted by atomic mass is 16.5. The van der Waals surface area contributed by atoms with Crippen LogP contribution in [0.2, 0.25) is 0 Å². The Morgan fingerprint density at radius 1 is 1.24 bits per heavy atom. The number of carbonyl (C=O) groups is 2. The number of carbonyl (C=O) groups excluding carboxylic acids is 2. The first-order chi connectivity index (χ1) is 16.3. The predicted molar refractivity (Wildman–Crippen MR) is 129 cm³/mol. The molecule has 0 bridgehead atoms. The van der Waals surface area contributed by atoms with Crippen molar-refractivity contribution in [3.05, 3.63) is 77.6 Å². The molecule has 3 rings (SSSR count). The lowest BCUT2D eigenvalue weighted by molar-refractivity contribution is -0.142. The second-order valence-corrected chi connectivity index (χ2v) is 8.51. The fraction of sp³-hybridized carbons (Fsp3) is 0.407. The third-order valence-electron chi connectivity index (χ3n) is 5.87. The van der Waals surface area contributed by atoms with Crippen molar-refractivity contribution in [3.8, 4) is 0 Å². The molecule has 182 valence electrons. The molecule has 0 saturated heterocycles. The van der Waals surface area contributed by atoms with Crippen LogP contribution in [0.5, 0.6) is 0 Å². The second kappa shape index (κ2) is 11.8. The van der Waals surface area contributed by atoms with Gasteiger partial charge in [-0.05, 0) is 43.0 Å². The van der Waals surface area contributed by atoms with Crippen LogP contribution in [0.4, 0.5) is 0 Å². The van der Waals surface area contributed by atoms with E-state index in [2.05, 4.69) is 13.5 Å². The summed E-state index contributed by atoms with van der Waals surface area (Å²) in [7, 11) is 0. The number of aryl methyl sites for hydroxylation is 1. The number of benzene rings is 1. The molecule has 0 spiro atoms. The fourth-order valence-corrected chi connectivity index (χ4v) is 4.08. The Labute approximate surface area is 200 Å². The molecule has 2 N–H and O–H groups in total. The number of nitrogens with zero attached hydrogens (tertiary/aromatic N) is 1. The van der Waals surface area contributed by atoms with Gasteiger partial charge >= 0.3 is 5.97 Å². The van der Waals surface area contributed by atoms with Crippen LogP contribution in [-0.2, 0) is 25.5 Å². The maximum absolute atomic E-state index is 13.5. The number of rotatable bonds is 11. The molecule has 34 heavy (non-hydrogen) atoms. The molecule has 1 aliphatic heterocycles. The highest BCUT2D eigenvalue weighted by Gasteiger charge is 2.36. The molecular formula is C27H33NO6. The Bertz CT molecular complexity index is 1010. The largest absolute Gasteiger partial charge is 0.491 e. The van der Waals surface area contributed by atoms with Crippen LogP contribution in [0.3, 0.4) is 0 Å². The van der Waals surface area contributed by atoms with Crippen molar-refractivity contribution in [2.45, 2.75) is 38.8 Å². The maximum atomic E-state index is 13.5. The van der Waals surface area contributed by atoms with Crippen LogP contribution >= 0.6 is 0 Å². The molecule has 1 aromatic rings. The molecule has 2 aliphatic rings. The van der Waals surface area contributed by atoms with Gasteiger partial charge in [-0.25, -0.2) is 4.79 Å². The lowest BCUT2D eigenvalue weighted by Gasteiger charge is -2.39. The zero-order valence-electron chi connectivity index (χ0n) is 19.8. The lowest BCUT2D eigenvalue weighted by Crippen LogP contribution is -2.48. The van der Waals surface area contributed by atoms with Crippen molar-refractivity contribution in [1.82, 2.24) is 4.90 Å². The predicted octanol–water partition coefficient (Wildman–Crippen LogP) is 2.79. The zero-order chi connectivity index (χ0) is 24.7. The van der Waals surface area contributed by atoms with Crippen LogP contribution in [0, 0.1) is 5.92 Å². The molecular weight excluding hydrogens is 434 g/mol. The van der Waals surface area contributed by atoms with Gasteiger partial charge in [0.2, 0.25) is 0 Å². The molecule has 0 radical (unpaired) electrons. The zero-order valence-corrected chi connectivity index (χ0v) is 19.8. The Morgan fingerprint density at radius 2 is 2.00 bits per heavy atom. The van der Waals surface area contributed by atoms with E-state index in [4.69, 9.17) is 9.47 Å². The van der Waals surface area contributed by atoms with Crippen LogP contribution in [0.15, 0.2) is 66.5 Å². The van der Waals surface area contributed by atoms with Gasteiger partial charge < -0.3 is 24.6 Å². The van der Waals surface area contributed by atoms with Gasteiger partial charge in [0.1, 0.15) is 25.1 Å². The first-order valence-electron chi connectivity index (χ1n) is 11.6. The van der Waals surface area contributed by atoms with Crippen molar-refractivity contribution < 1.29 is 29.3 Å². The van der Waals surface area contributed by atoms with Crippen LogP contribution in [-0.4, -0.2) is 65.5 Å². The van der Waals surface area contributed by atoms with Gasteiger partial charge in [0.25, 0.3) is 5.91 Å². The summed E-state index contributed by atoms with van der Waals surface area (Å²) in [5.74, 6) is -0.149. The topological polar surface area (TPSA) is 96.3 Å². The van der Waals surface area contributed by atoms with Gasteiger partial charge in [-0.2, -0.15) is 0 Å². The van der Waals surface area contributed by atoms with E-state index in [1.165, 1.54) is 6.92 Å². The number of fused-ring (bicyclic) bond motifs is 1. The van der Waals surface area contributed by atoms with Gasteiger partial charge in [-0.1, -0.05) is 49.9 Å². The Kier molecular flexibility index (Phi) is 8.85. The SMILES string of the molecule is C=C(C)C(=O)OCC(O)COC1=CC2C(C=C1)C=C(c1ccccc1CC)C(=O)N2CCCO. The molecule has 0 fully saturated rings. The summed E-state index contributed by atoms with van der Waals surface area (Å²) in [6.07, 6.45) is 7.99. The number of esters is 1. The number of allylic oxidation sites excluding steroid dienone is 1. The summed E-state index contributed by atoms with van der Waals surface area (Å²) < 4.78 is 10.7. The first kappa shape index (κ1) is 25.5. The summed E-state index contributed by atoms with van der Waals surface area (Å²) >= 11 is 0. The van der Waals surface area contributed by atoms with Crippen LogP contribution in [0.1, 0.15) is 31.4 Å². The third-order valence-corrected chi connectivity index (χ3v) is 5.87. The molecule has 7 heteroatoms. The quantitative estimate of drug-likeness (QED) is 0.384. The van der Waals surface area contributed by atoms with E-state index in [1.54, 1.807) is 4.90 Å². The average molecular weight is 468 g/mol. The van der Waals surface area contributed by atoms with Crippen LogP contribution < -0.4 is 0 Å². The minimum absolute atomic E-state index is 0.0102. The van der Waals surface area contributed by atoms with E-state index in [9.17, 15) is 19.8 Å². The van der Waals surface area contributed by atoms with Crippen molar-refractivity contribution in [2.75, 3.05) is 26.4 Å². The Balaban J connectivity index is 1.76. The molecule has 0 aromatic heterocycles. The summed E-state index contributed by atoms with van der Waals surface area (Å²) in [4.78, 5) is 26.8. The van der Waals surface area contributed by atoms with Crippen molar-refractivity contribution in [2.24, 2.45) is 5.92 Å². The van der Waals surface area contributed by atoms with Gasteiger partial charge in [0.15, 0.2) is 0 Å². The minimum Gasteiger partial charge on any atom is -0.491 e. The standard InChI is InChI=1S/C27H33NO6/c1-4-19-8-5-6-9-23(19)24-14-20-10-11-22(15-25(20)28(26(24)31)12-7-13-29)33-16-21(30)17-34-27(32)18(2)3/h5-6,8-11,14-15,20-21,25,29-30H,2,4,7,12-13,16-17H2,1,3H3. The number of ether oxygens (including phenoxy) is 2. The minimum atomic E-state index is -0.995. The van der Waals surface area contributed by atoms with E-state index < -0.39 is 12.1 Å². The number of amides is 1. The van der Waals surface area contributed by atoms with E-state index >= 15 is 0 Å². The number of hydrogen-bond acceptors (Lipinski definition) is 6. The molecule has 3 atom stereocenters. The van der Waals surface area contributed by atoms with E-state index in [0.29, 0.717) is 24.3 Å². The summed E-state index contributed by atoms with van der Waals surface area (Å²) in [5, 5.41) is 19.5. The van der Waals surface area contributed by atoms with Gasteiger partial charge in [0, 0.05) is 30.2 Å². The monoisotopic (exact) mass is 467 g/mol. The summed E-state index contributed by atoms with van der Waals surface area (Å²) in [6.45, 7) is 7.25. The lowest BCUT2D eigenvalue weighted by atomic mass is 9.83. The molecule has 1 aliphatic carbocycles. The molecule has 3 unspecified atom stereocenters. The highest BCUT2D eigenvalue weighted by molar-refractivity contribution is 6.20. The Morgan fingerprint density at radius 3 is 2.71 bits per heavy atom. The van der Waals surface area contributed by atoms with E-state index in [-0.39, 0.29) is 43.3 Å². The van der Waals surface area contributed by atoms with Crippen molar-refractivity contribution in [3.63, 3.8) is 0 Å². The smallest absolute Gasteiger partial charge is 0.333 e. The fourth-order valence-electron chi connectivity index (χ4n) is 4.08. The molecule has 0 saturated carbocycles. The molecule has 1 amide bonds. The van der Waals surface area contributed by atoms with Crippen molar-refractivity contribution >= 4 is 17.4 Å². The molecule has 7 nitrogen and oxygen atoms in total. The average Bonchev–Trinajstić information content (AvgIpc) is 2.85. The van der Waals surface area contributed by atoms with Gasteiger partial charge in [-0.15, -0.1) is 0 Å². The normalized spacial score (nSPS) is 20.2. The third kappa shape index (κ3) is 6.04. The summed E-state index contributed by atoms with van der Waals surface area (Å²) in [5.41, 5.74) is 2.99. The number of aliphatic hydroxyl groups is 2. The first-order valence-corrected chi connectivity index (χ1v) is 11.6. The van der Waals surface area contributed by atoms with Gasteiger partial charge in [-0.3, -0.25) is 4.79 Å². The van der Waals surface area contributed by atoms with E-state index in [1.807, 2.05) is 48.6 Å². The highest BCUT2D eigenvalue weighted by Crippen LogP contribution is 2.35. The van der Waals surface area contributed by atoms with Crippen molar-refractivity contribution in [1.29, 1.82) is 0 Å². The molecule has 1 heterocycles. The molecule has 1 aromatic carbocycles. The Hall–Kier alpha value is -3.16.